The molecule has 5 heterocycles. The van der Waals surface area contributed by atoms with Crippen molar-refractivity contribution >= 4 is 17.6 Å². The lowest BCUT2D eigenvalue weighted by molar-refractivity contribution is -0.132. The van der Waals surface area contributed by atoms with Crippen molar-refractivity contribution in [2.75, 3.05) is 50.8 Å². The molecule has 0 aromatic carbocycles. The number of rotatable bonds is 5. The predicted octanol–water partition coefficient (Wildman–Crippen LogP) is -0.282. The van der Waals surface area contributed by atoms with Crippen LogP contribution in [0.2, 0.25) is 0 Å². The third-order valence-corrected chi connectivity index (χ3v) is 6.13. The molecular weight excluding hydrogens is 364 g/mol. The molecule has 2 bridgehead atoms. The fourth-order valence-corrected chi connectivity index (χ4v) is 4.75. The average Bonchev–Trinajstić information content (AvgIpc) is 3.44. The highest BCUT2D eigenvalue weighted by Crippen LogP contribution is 2.52. The van der Waals surface area contributed by atoms with Crippen LogP contribution in [-0.4, -0.2) is 79.5 Å². The zero-order chi connectivity index (χ0) is 19.3. The van der Waals surface area contributed by atoms with Gasteiger partial charge in [0.1, 0.15) is 11.4 Å². The van der Waals surface area contributed by atoms with Gasteiger partial charge in [0.25, 0.3) is 0 Å². The molecule has 150 valence electrons. The molecule has 4 aliphatic rings. The van der Waals surface area contributed by atoms with Gasteiger partial charge in [-0.2, -0.15) is 0 Å². The number of fused-ring (bicyclic) bond motifs is 1. The maximum atomic E-state index is 13.1. The molecule has 9 nitrogen and oxygen atoms in total. The van der Waals surface area contributed by atoms with E-state index in [2.05, 4.69) is 15.4 Å². The van der Waals surface area contributed by atoms with Gasteiger partial charge in [-0.3, -0.25) is 19.4 Å². The fraction of sp³-hybridized carbons (Fsp3) is 0.632. The maximum absolute atomic E-state index is 13.1. The molecular formula is C19H24N4O5. The highest BCUT2D eigenvalue weighted by Gasteiger charge is 2.67. The van der Waals surface area contributed by atoms with E-state index in [9.17, 15) is 9.59 Å². The van der Waals surface area contributed by atoms with Gasteiger partial charge in [-0.05, 0) is 6.92 Å². The van der Waals surface area contributed by atoms with Crippen LogP contribution in [0.15, 0.2) is 22.7 Å². The van der Waals surface area contributed by atoms with E-state index in [4.69, 9.17) is 14.0 Å². The van der Waals surface area contributed by atoms with Crippen LogP contribution in [0, 0.1) is 18.8 Å². The van der Waals surface area contributed by atoms with E-state index in [1.54, 1.807) is 17.9 Å². The molecule has 4 atom stereocenters. The van der Waals surface area contributed by atoms with E-state index in [0.717, 1.165) is 32.8 Å². The van der Waals surface area contributed by atoms with E-state index < -0.39 is 17.4 Å². The molecule has 0 unspecified atom stereocenters. The second-order valence-electron chi connectivity index (χ2n) is 7.87. The molecule has 0 radical (unpaired) electrons. The smallest absolute Gasteiger partial charge is 0.235 e. The Morgan fingerprint density at radius 2 is 2.21 bits per heavy atom. The molecule has 5 rings (SSSR count). The Labute approximate surface area is 162 Å². The number of hydrogen-bond donors (Lipinski definition) is 1. The summed E-state index contributed by atoms with van der Waals surface area (Å²) in [6.07, 6.45) is 3.50. The van der Waals surface area contributed by atoms with Crippen molar-refractivity contribution in [1.82, 2.24) is 15.4 Å². The number of nitrogens with one attached hydrogen (secondary N) is 1. The molecule has 3 saturated heterocycles. The summed E-state index contributed by atoms with van der Waals surface area (Å²) in [5, 5.41) is 6.97. The number of morpholine rings is 1. The predicted molar refractivity (Wildman–Crippen MR) is 97.6 cm³/mol. The number of carbonyl (C=O) groups is 2. The number of nitrogens with zero attached hydrogens (tertiary/aromatic N) is 3. The van der Waals surface area contributed by atoms with Gasteiger partial charge >= 0.3 is 0 Å². The normalized spacial score (nSPS) is 34.2. The van der Waals surface area contributed by atoms with Crippen molar-refractivity contribution in [2.45, 2.75) is 18.6 Å². The van der Waals surface area contributed by atoms with Crippen LogP contribution in [-0.2, 0) is 19.1 Å². The Bertz CT molecular complexity index is 817. The van der Waals surface area contributed by atoms with Gasteiger partial charge in [0.2, 0.25) is 11.8 Å². The molecule has 1 N–H and O–H groups in total. The highest BCUT2D eigenvalue weighted by atomic mass is 16.5. The third-order valence-electron chi connectivity index (χ3n) is 6.13. The minimum atomic E-state index is -0.749. The minimum absolute atomic E-state index is 0.124. The second-order valence-corrected chi connectivity index (χ2v) is 7.87. The summed E-state index contributed by atoms with van der Waals surface area (Å²) in [4.78, 5) is 29.9. The topological polar surface area (TPSA) is 97.1 Å². The van der Waals surface area contributed by atoms with Crippen molar-refractivity contribution in [2.24, 2.45) is 11.8 Å². The number of amides is 2. The maximum Gasteiger partial charge on any atom is 0.235 e. The van der Waals surface area contributed by atoms with Gasteiger partial charge in [0, 0.05) is 32.2 Å². The van der Waals surface area contributed by atoms with Crippen LogP contribution in [0.4, 0.5) is 5.82 Å². The summed E-state index contributed by atoms with van der Waals surface area (Å²) in [5.41, 5.74) is -0.749. The average molecular weight is 388 g/mol. The van der Waals surface area contributed by atoms with Crippen LogP contribution in [0.3, 0.4) is 0 Å². The quantitative estimate of drug-likeness (QED) is 0.693. The summed E-state index contributed by atoms with van der Waals surface area (Å²) in [6.45, 7) is 6.68. The lowest BCUT2D eigenvalue weighted by Crippen LogP contribution is -2.46. The molecule has 9 heteroatoms. The molecule has 2 amide bonds. The van der Waals surface area contributed by atoms with Crippen molar-refractivity contribution in [3.63, 3.8) is 0 Å². The largest absolute Gasteiger partial charge is 0.379 e. The van der Waals surface area contributed by atoms with Gasteiger partial charge in [-0.15, -0.1) is 0 Å². The fourth-order valence-electron chi connectivity index (χ4n) is 4.75. The number of aromatic nitrogens is 1. The van der Waals surface area contributed by atoms with Crippen LogP contribution in [0.1, 0.15) is 5.76 Å². The van der Waals surface area contributed by atoms with Gasteiger partial charge in [-0.1, -0.05) is 17.3 Å². The van der Waals surface area contributed by atoms with E-state index in [1.165, 1.54) is 0 Å². The van der Waals surface area contributed by atoms with Crippen LogP contribution in [0.25, 0.3) is 0 Å². The third kappa shape index (κ3) is 2.76. The number of aryl methyl sites for hydroxylation is 1. The van der Waals surface area contributed by atoms with Gasteiger partial charge in [-0.25, -0.2) is 0 Å². The first-order valence-electron chi connectivity index (χ1n) is 9.77. The zero-order valence-corrected chi connectivity index (χ0v) is 15.8. The number of ether oxygens (including phenoxy) is 2. The van der Waals surface area contributed by atoms with Gasteiger partial charge in [0.15, 0.2) is 5.82 Å². The van der Waals surface area contributed by atoms with E-state index >= 15 is 0 Å². The lowest BCUT2D eigenvalue weighted by atomic mass is 9.77. The van der Waals surface area contributed by atoms with E-state index in [0.29, 0.717) is 24.7 Å². The standard InChI is InChI=1S/C19H24N4O5/c1-12-10-14(21-28-12)23-11-19-3-2-13(27-19)15(16(19)18(23)25)17(24)20-4-5-22-6-8-26-9-7-22/h2-3,10,13,15-16H,4-9,11H2,1H3,(H,20,24)/t13-,15+,16+,19-/m1/s1. The van der Waals surface area contributed by atoms with Crippen LogP contribution >= 0.6 is 0 Å². The Kier molecular flexibility index (Phi) is 4.26. The van der Waals surface area contributed by atoms with Gasteiger partial charge < -0.3 is 19.3 Å². The Hall–Kier alpha value is -2.23. The van der Waals surface area contributed by atoms with Gasteiger partial charge in [0.05, 0.1) is 37.7 Å². The molecule has 1 aromatic rings. The first-order chi connectivity index (χ1) is 13.6. The minimum Gasteiger partial charge on any atom is -0.379 e. The van der Waals surface area contributed by atoms with Crippen molar-refractivity contribution in [3.8, 4) is 0 Å². The second kappa shape index (κ2) is 6.68. The first kappa shape index (κ1) is 17.8. The summed E-state index contributed by atoms with van der Waals surface area (Å²) >= 11 is 0. The molecule has 0 saturated carbocycles. The highest BCUT2D eigenvalue weighted by molar-refractivity contribution is 6.02. The zero-order valence-electron chi connectivity index (χ0n) is 15.8. The van der Waals surface area contributed by atoms with E-state index in [1.807, 2.05) is 12.2 Å². The number of hydrogen-bond acceptors (Lipinski definition) is 7. The number of anilines is 1. The molecule has 3 fully saturated rings. The summed E-state index contributed by atoms with van der Waals surface area (Å²) in [6, 6.07) is 1.73. The van der Waals surface area contributed by atoms with Crippen LogP contribution in [0.5, 0.6) is 0 Å². The van der Waals surface area contributed by atoms with Crippen molar-refractivity contribution in [1.29, 1.82) is 0 Å². The lowest BCUT2D eigenvalue weighted by Gasteiger charge is -2.27. The first-order valence-corrected chi connectivity index (χ1v) is 9.77. The molecule has 1 aromatic heterocycles. The Morgan fingerprint density at radius 1 is 1.39 bits per heavy atom. The van der Waals surface area contributed by atoms with Crippen LogP contribution < -0.4 is 10.2 Å². The Morgan fingerprint density at radius 3 is 2.96 bits per heavy atom. The SMILES string of the molecule is Cc1cc(N2C[C@@]34C=C[C@@H](O3)[C@H](C(=O)NCCN3CCOCC3)[C@H]4C2=O)no1. The summed E-state index contributed by atoms with van der Waals surface area (Å²) in [7, 11) is 0. The molecule has 4 aliphatic heterocycles. The van der Waals surface area contributed by atoms with Crippen molar-refractivity contribution < 1.29 is 23.6 Å². The molecule has 28 heavy (non-hydrogen) atoms. The summed E-state index contributed by atoms with van der Waals surface area (Å²) < 4.78 is 16.6. The Balaban J connectivity index is 1.27. The molecule has 0 aliphatic carbocycles. The summed E-state index contributed by atoms with van der Waals surface area (Å²) in [5.74, 6) is -0.189. The molecule has 1 spiro atoms. The monoisotopic (exact) mass is 388 g/mol. The van der Waals surface area contributed by atoms with Crippen molar-refractivity contribution in [3.05, 3.63) is 24.0 Å². The van der Waals surface area contributed by atoms with E-state index in [-0.39, 0.29) is 17.9 Å². The number of carbonyl (C=O) groups excluding carboxylic acids is 2.